The predicted molar refractivity (Wildman–Crippen MR) is 85.6 cm³/mol. The first kappa shape index (κ1) is 14.9. The van der Waals surface area contributed by atoms with Crippen LogP contribution in [0, 0.1) is 5.82 Å². The van der Waals surface area contributed by atoms with Gasteiger partial charge in [-0.3, -0.25) is 4.79 Å². The van der Waals surface area contributed by atoms with E-state index in [0.29, 0.717) is 17.9 Å². The van der Waals surface area contributed by atoms with E-state index >= 15 is 0 Å². The number of halogens is 1. The van der Waals surface area contributed by atoms with Crippen LogP contribution < -0.4 is 4.74 Å². The fraction of sp³-hybridized carbons (Fsp3) is 0.235. The van der Waals surface area contributed by atoms with Gasteiger partial charge in [0.1, 0.15) is 16.9 Å². The molecule has 3 rings (SSSR count). The Labute approximate surface area is 133 Å². The first-order valence-corrected chi connectivity index (χ1v) is 8.06. The van der Waals surface area contributed by atoms with Crippen LogP contribution in [0.25, 0.3) is 0 Å². The van der Waals surface area contributed by atoms with E-state index in [2.05, 4.69) is 0 Å². The fourth-order valence-corrected chi connectivity index (χ4v) is 3.76. The highest BCUT2D eigenvalue weighted by Gasteiger charge is 2.31. The van der Waals surface area contributed by atoms with E-state index < -0.39 is 0 Å². The summed E-state index contributed by atoms with van der Waals surface area (Å²) in [4.78, 5) is 14.6. The summed E-state index contributed by atoms with van der Waals surface area (Å²) in [6.45, 7) is 0.683. The molecule has 114 valence electrons. The van der Waals surface area contributed by atoms with Gasteiger partial charge in [0.05, 0.1) is 7.11 Å². The summed E-state index contributed by atoms with van der Waals surface area (Å²) in [5.41, 5.74) is 1.55. The summed E-state index contributed by atoms with van der Waals surface area (Å²) in [7, 11) is 1.58. The zero-order chi connectivity index (χ0) is 15.5. The molecule has 0 N–H and O–H groups in total. The van der Waals surface area contributed by atoms with Gasteiger partial charge in [-0.05, 0) is 35.9 Å². The highest BCUT2D eigenvalue weighted by Crippen LogP contribution is 2.38. The summed E-state index contributed by atoms with van der Waals surface area (Å²) < 4.78 is 18.3. The van der Waals surface area contributed by atoms with Crippen LogP contribution in [0.15, 0.2) is 48.5 Å². The van der Waals surface area contributed by atoms with Crippen LogP contribution in [0.1, 0.15) is 21.3 Å². The average Bonchev–Trinajstić information content (AvgIpc) is 3.04. The Morgan fingerprint density at radius 1 is 1.27 bits per heavy atom. The third-order valence-corrected chi connectivity index (χ3v) is 4.88. The molecule has 2 aromatic carbocycles. The van der Waals surface area contributed by atoms with Crippen LogP contribution in [-0.2, 0) is 0 Å². The lowest BCUT2D eigenvalue weighted by Crippen LogP contribution is -2.30. The van der Waals surface area contributed by atoms with Crippen molar-refractivity contribution < 1.29 is 13.9 Å². The van der Waals surface area contributed by atoms with Crippen molar-refractivity contribution in [2.75, 3.05) is 19.4 Å². The zero-order valence-electron chi connectivity index (χ0n) is 12.2. The van der Waals surface area contributed by atoms with Crippen molar-refractivity contribution in [1.82, 2.24) is 4.90 Å². The van der Waals surface area contributed by atoms with Gasteiger partial charge in [0, 0.05) is 17.9 Å². The third kappa shape index (κ3) is 2.95. The summed E-state index contributed by atoms with van der Waals surface area (Å²) in [6.07, 6.45) is 0. The number of rotatable bonds is 3. The Kier molecular flexibility index (Phi) is 4.34. The van der Waals surface area contributed by atoms with Gasteiger partial charge in [-0.2, -0.15) is 0 Å². The molecule has 0 radical (unpaired) electrons. The molecule has 0 saturated carbocycles. The van der Waals surface area contributed by atoms with E-state index in [-0.39, 0.29) is 17.1 Å². The molecule has 1 amide bonds. The zero-order valence-corrected chi connectivity index (χ0v) is 13.0. The van der Waals surface area contributed by atoms with Gasteiger partial charge in [-0.15, -0.1) is 11.8 Å². The normalized spacial score (nSPS) is 17.5. The number of nitrogens with zero attached hydrogens (tertiary/aromatic N) is 1. The van der Waals surface area contributed by atoms with E-state index in [4.69, 9.17) is 4.74 Å². The van der Waals surface area contributed by atoms with Crippen LogP contribution in [-0.4, -0.2) is 30.2 Å². The molecule has 0 aromatic heterocycles. The number of methoxy groups -OCH3 is 1. The number of carbonyl (C=O) groups excluding carboxylic acids is 1. The Morgan fingerprint density at radius 2 is 2.05 bits per heavy atom. The second-order valence-corrected chi connectivity index (χ2v) is 6.19. The highest BCUT2D eigenvalue weighted by atomic mass is 32.2. The van der Waals surface area contributed by atoms with Gasteiger partial charge in [0.25, 0.3) is 5.91 Å². The maximum absolute atomic E-state index is 13.1. The molecule has 1 aliphatic rings. The molecule has 0 bridgehead atoms. The van der Waals surface area contributed by atoms with E-state index in [1.807, 2.05) is 17.0 Å². The first-order valence-electron chi connectivity index (χ1n) is 7.01. The van der Waals surface area contributed by atoms with Crippen molar-refractivity contribution in [3.05, 3.63) is 65.5 Å². The fourth-order valence-electron chi connectivity index (χ4n) is 2.50. The van der Waals surface area contributed by atoms with Crippen molar-refractivity contribution in [1.29, 1.82) is 0 Å². The Morgan fingerprint density at radius 3 is 2.77 bits per heavy atom. The molecule has 22 heavy (non-hydrogen) atoms. The quantitative estimate of drug-likeness (QED) is 0.864. The molecule has 1 aliphatic heterocycles. The minimum Gasteiger partial charge on any atom is -0.497 e. The monoisotopic (exact) mass is 317 g/mol. The lowest BCUT2D eigenvalue weighted by Gasteiger charge is -2.24. The number of carbonyl (C=O) groups is 1. The maximum atomic E-state index is 13.1. The number of benzene rings is 2. The third-order valence-electron chi connectivity index (χ3n) is 3.62. The van der Waals surface area contributed by atoms with E-state index in [9.17, 15) is 9.18 Å². The molecule has 0 spiro atoms. The van der Waals surface area contributed by atoms with Gasteiger partial charge in [-0.25, -0.2) is 4.39 Å². The van der Waals surface area contributed by atoms with Crippen LogP contribution in [0.5, 0.6) is 5.75 Å². The molecule has 0 aliphatic carbocycles. The van der Waals surface area contributed by atoms with Crippen LogP contribution in [0.2, 0.25) is 0 Å². The largest absolute Gasteiger partial charge is 0.497 e. The summed E-state index contributed by atoms with van der Waals surface area (Å²) in [5, 5.41) is -0.0701. The molecule has 5 heteroatoms. The van der Waals surface area contributed by atoms with Gasteiger partial charge < -0.3 is 9.64 Å². The number of thioether (sulfide) groups is 1. The Balaban J connectivity index is 1.85. The lowest BCUT2D eigenvalue weighted by atomic mass is 10.1. The summed E-state index contributed by atoms with van der Waals surface area (Å²) >= 11 is 1.69. The standard InChI is InChI=1S/C17H16FNO2S/c1-21-15-4-2-3-13(11-15)16(20)19-9-10-22-17(19)12-5-7-14(18)8-6-12/h2-8,11,17H,9-10H2,1H3/t17-/m0/s1. The predicted octanol–water partition coefficient (Wildman–Crippen LogP) is 3.72. The maximum Gasteiger partial charge on any atom is 0.255 e. The molecule has 2 aromatic rings. The molecular formula is C17H16FNO2S. The first-order chi connectivity index (χ1) is 10.7. The number of hydrogen-bond acceptors (Lipinski definition) is 3. The van der Waals surface area contributed by atoms with Crippen molar-refractivity contribution in [2.24, 2.45) is 0 Å². The van der Waals surface area contributed by atoms with Gasteiger partial charge in [0.15, 0.2) is 0 Å². The minimum atomic E-state index is -0.266. The van der Waals surface area contributed by atoms with E-state index in [1.54, 1.807) is 43.1 Å². The molecule has 1 heterocycles. The van der Waals surface area contributed by atoms with Gasteiger partial charge in [0.2, 0.25) is 0 Å². The van der Waals surface area contributed by atoms with E-state index in [1.165, 1.54) is 12.1 Å². The van der Waals surface area contributed by atoms with Crippen LogP contribution >= 0.6 is 11.8 Å². The van der Waals surface area contributed by atoms with Crippen molar-refractivity contribution >= 4 is 17.7 Å². The molecular weight excluding hydrogens is 301 g/mol. The van der Waals surface area contributed by atoms with E-state index in [0.717, 1.165) is 11.3 Å². The average molecular weight is 317 g/mol. The smallest absolute Gasteiger partial charge is 0.255 e. The number of amides is 1. The van der Waals surface area contributed by atoms with Crippen LogP contribution in [0.3, 0.4) is 0 Å². The number of hydrogen-bond donors (Lipinski definition) is 0. The highest BCUT2D eigenvalue weighted by molar-refractivity contribution is 7.99. The van der Waals surface area contributed by atoms with Crippen LogP contribution in [0.4, 0.5) is 4.39 Å². The second kappa shape index (κ2) is 6.40. The van der Waals surface area contributed by atoms with Gasteiger partial charge >= 0.3 is 0 Å². The molecule has 1 atom stereocenters. The summed E-state index contributed by atoms with van der Waals surface area (Å²) in [5.74, 6) is 1.24. The molecule has 0 unspecified atom stereocenters. The minimum absolute atomic E-state index is 0.0294. The van der Waals surface area contributed by atoms with Crippen molar-refractivity contribution in [3.63, 3.8) is 0 Å². The molecule has 1 saturated heterocycles. The summed E-state index contributed by atoms with van der Waals surface area (Å²) in [6, 6.07) is 13.5. The second-order valence-electron chi connectivity index (χ2n) is 5.01. The van der Waals surface area contributed by atoms with Crippen molar-refractivity contribution in [2.45, 2.75) is 5.37 Å². The number of ether oxygens (including phenoxy) is 1. The topological polar surface area (TPSA) is 29.5 Å². The lowest BCUT2D eigenvalue weighted by molar-refractivity contribution is 0.0760. The Bertz CT molecular complexity index is 675. The SMILES string of the molecule is COc1cccc(C(=O)N2CCS[C@H]2c2ccc(F)cc2)c1. The Hall–Kier alpha value is -2.01. The molecule has 1 fully saturated rings. The van der Waals surface area contributed by atoms with Gasteiger partial charge in [-0.1, -0.05) is 18.2 Å². The molecule has 3 nitrogen and oxygen atoms in total. The van der Waals surface area contributed by atoms with Crippen molar-refractivity contribution in [3.8, 4) is 5.75 Å².